The van der Waals surface area contributed by atoms with E-state index in [4.69, 9.17) is 9.47 Å². The van der Waals surface area contributed by atoms with Crippen molar-refractivity contribution in [2.75, 3.05) is 4.90 Å². The van der Waals surface area contributed by atoms with Gasteiger partial charge in [-0.05, 0) is 53.7 Å². The summed E-state index contributed by atoms with van der Waals surface area (Å²) >= 11 is 0. The number of hydrogen-bond acceptors (Lipinski definition) is 5. The van der Waals surface area contributed by atoms with E-state index < -0.39 is 23.4 Å². The van der Waals surface area contributed by atoms with Crippen LogP contribution in [0.1, 0.15) is 41.5 Å². The smallest absolute Gasteiger partial charge is 0.424 e. The number of hydrogen-bond donors (Lipinski definition) is 0. The number of ether oxygens (including phenoxy) is 2. The van der Waals surface area contributed by atoms with Crippen LogP contribution in [-0.2, 0) is 9.47 Å². The lowest BCUT2D eigenvalue weighted by atomic mass is 10.2. The molecule has 0 bridgehead atoms. The number of aromatic nitrogens is 1. The van der Waals surface area contributed by atoms with E-state index in [1.54, 1.807) is 59.9 Å². The molecular weight excluding hydrogens is 272 g/mol. The predicted molar refractivity (Wildman–Crippen MR) is 79.2 cm³/mol. The van der Waals surface area contributed by atoms with Crippen molar-refractivity contribution in [3.05, 3.63) is 24.5 Å². The molecule has 1 aromatic rings. The largest absolute Gasteiger partial charge is 0.443 e. The molecule has 0 aliphatic heterocycles. The van der Waals surface area contributed by atoms with Crippen LogP contribution in [0.15, 0.2) is 24.5 Å². The van der Waals surface area contributed by atoms with Crippen LogP contribution < -0.4 is 4.90 Å². The fourth-order valence-corrected chi connectivity index (χ4v) is 1.39. The summed E-state index contributed by atoms with van der Waals surface area (Å²) in [6.07, 6.45) is 1.34. The molecule has 0 N–H and O–H groups in total. The molecule has 0 atom stereocenters. The number of pyridine rings is 1. The predicted octanol–water partition coefficient (Wildman–Crippen LogP) is 3.76. The van der Waals surface area contributed by atoms with Crippen LogP contribution in [0.4, 0.5) is 15.3 Å². The maximum Gasteiger partial charge on any atom is 0.424 e. The first-order chi connectivity index (χ1) is 9.49. The Bertz CT molecular complexity index is 473. The van der Waals surface area contributed by atoms with Gasteiger partial charge >= 0.3 is 12.2 Å². The Morgan fingerprint density at radius 1 is 1.00 bits per heavy atom. The van der Waals surface area contributed by atoms with Crippen LogP contribution in [-0.4, -0.2) is 28.4 Å². The van der Waals surface area contributed by atoms with E-state index in [0.29, 0.717) is 5.69 Å². The molecule has 0 saturated carbocycles. The van der Waals surface area contributed by atoms with Gasteiger partial charge in [0, 0.05) is 6.20 Å². The van der Waals surface area contributed by atoms with E-state index in [9.17, 15) is 9.59 Å². The van der Waals surface area contributed by atoms with Crippen molar-refractivity contribution >= 4 is 17.9 Å². The zero-order valence-corrected chi connectivity index (χ0v) is 13.3. The minimum absolute atomic E-state index is 0.293. The topological polar surface area (TPSA) is 68.7 Å². The molecule has 2 amide bonds. The van der Waals surface area contributed by atoms with E-state index >= 15 is 0 Å². The number of imide groups is 1. The van der Waals surface area contributed by atoms with Crippen molar-refractivity contribution in [3.8, 4) is 0 Å². The minimum atomic E-state index is -0.801. The molecule has 0 spiro atoms. The van der Waals surface area contributed by atoms with E-state index in [0.717, 1.165) is 4.90 Å². The maximum absolute atomic E-state index is 12.3. The average molecular weight is 294 g/mol. The fraction of sp³-hybridized carbons (Fsp3) is 0.533. The summed E-state index contributed by atoms with van der Waals surface area (Å²) in [5.74, 6) is 0. The molecule has 0 aliphatic carbocycles. The average Bonchev–Trinajstić information content (AvgIpc) is 2.25. The highest BCUT2D eigenvalue weighted by Crippen LogP contribution is 2.20. The Labute approximate surface area is 125 Å². The Balaban J connectivity index is 3.07. The highest BCUT2D eigenvalue weighted by molar-refractivity contribution is 6.09. The summed E-state index contributed by atoms with van der Waals surface area (Å²) in [4.78, 5) is 29.3. The van der Waals surface area contributed by atoms with Crippen LogP contribution in [0, 0.1) is 0 Å². The third kappa shape index (κ3) is 5.81. The van der Waals surface area contributed by atoms with Crippen LogP contribution in [0.2, 0.25) is 0 Å². The van der Waals surface area contributed by atoms with Gasteiger partial charge < -0.3 is 9.47 Å². The zero-order chi connectivity index (χ0) is 16.3. The third-order valence-electron chi connectivity index (χ3n) is 2.06. The van der Waals surface area contributed by atoms with Crippen molar-refractivity contribution < 1.29 is 19.1 Å². The molecule has 1 aromatic heterocycles. The van der Waals surface area contributed by atoms with Gasteiger partial charge in [0.2, 0.25) is 0 Å². The number of rotatable bonds is 1. The van der Waals surface area contributed by atoms with Gasteiger partial charge in [-0.25, -0.2) is 9.59 Å². The molecule has 0 aromatic carbocycles. The number of anilines is 1. The van der Waals surface area contributed by atoms with Crippen molar-refractivity contribution in [2.24, 2.45) is 0 Å². The number of carbonyl (C=O) groups is 2. The highest BCUT2D eigenvalue weighted by atomic mass is 16.6. The first kappa shape index (κ1) is 16.9. The molecule has 0 radical (unpaired) electrons. The first-order valence-corrected chi connectivity index (χ1v) is 6.66. The Morgan fingerprint density at radius 3 is 1.81 bits per heavy atom. The molecule has 0 aliphatic rings. The van der Waals surface area contributed by atoms with E-state index in [1.807, 2.05) is 0 Å². The molecular formula is C15H22N2O4. The van der Waals surface area contributed by atoms with Gasteiger partial charge in [0.1, 0.15) is 11.2 Å². The van der Waals surface area contributed by atoms with Crippen molar-refractivity contribution in [2.45, 2.75) is 52.7 Å². The van der Waals surface area contributed by atoms with Crippen molar-refractivity contribution in [3.63, 3.8) is 0 Å². The summed E-state index contributed by atoms with van der Waals surface area (Å²) in [5.41, 5.74) is -1.15. The Hall–Kier alpha value is -2.11. The molecule has 21 heavy (non-hydrogen) atoms. The van der Waals surface area contributed by atoms with Crippen LogP contribution >= 0.6 is 0 Å². The van der Waals surface area contributed by atoms with Gasteiger partial charge in [0.15, 0.2) is 0 Å². The maximum atomic E-state index is 12.3. The van der Waals surface area contributed by atoms with Crippen LogP contribution in [0.25, 0.3) is 0 Å². The summed E-state index contributed by atoms with van der Waals surface area (Å²) in [7, 11) is 0. The normalized spacial score (nSPS) is 11.7. The Kier molecular flexibility index (Phi) is 4.93. The lowest BCUT2D eigenvalue weighted by Gasteiger charge is -2.28. The third-order valence-corrected chi connectivity index (χ3v) is 2.06. The van der Waals surface area contributed by atoms with Gasteiger partial charge in [-0.2, -0.15) is 4.90 Å². The Morgan fingerprint density at radius 2 is 1.48 bits per heavy atom. The van der Waals surface area contributed by atoms with Gasteiger partial charge in [-0.3, -0.25) is 4.98 Å². The van der Waals surface area contributed by atoms with Gasteiger partial charge in [-0.1, -0.05) is 0 Å². The SMILES string of the molecule is CC(C)(C)OC(=O)N(C(=O)OC(C)(C)C)c1cccnc1. The summed E-state index contributed by atoms with van der Waals surface area (Å²) in [5, 5.41) is 0. The summed E-state index contributed by atoms with van der Waals surface area (Å²) in [6, 6.07) is 3.21. The highest BCUT2D eigenvalue weighted by Gasteiger charge is 2.32. The van der Waals surface area contributed by atoms with E-state index in [1.165, 1.54) is 6.20 Å². The van der Waals surface area contributed by atoms with Gasteiger partial charge in [0.25, 0.3) is 0 Å². The number of carbonyl (C=O) groups excluding carboxylic acids is 2. The molecule has 6 heteroatoms. The molecule has 116 valence electrons. The van der Waals surface area contributed by atoms with Crippen molar-refractivity contribution in [1.29, 1.82) is 0 Å². The fourth-order valence-electron chi connectivity index (χ4n) is 1.39. The first-order valence-electron chi connectivity index (χ1n) is 6.66. The molecule has 6 nitrogen and oxygen atoms in total. The molecule has 0 saturated heterocycles. The van der Waals surface area contributed by atoms with E-state index in [2.05, 4.69) is 4.98 Å². The van der Waals surface area contributed by atoms with Crippen LogP contribution in [0.5, 0.6) is 0 Å². The standard InChI is InChI=1S/C15H22N2O4/c1-14(2,3)20-12(18)17(11-8-7-9-16-10-11)13(19)21-15(4,5)6/h7-10H,1-6H3. The van der Waals surface area contributed by atoms with Crippen molar-refractivity contribution in [1.82, 2.24) is 4.98 Å². The molecule has 1 heterocycles. The number of amides is 2. The second-order valence-electron chi connectivity index (χ2n) is 6.51. The summed E-state index contributed by atoms with van der Waals surface area (Å²) < 4.78 is 10.5. The lowest BCUT2D eigenvalue weighted by molar-refractivity contribution is 0.0430. The van der Waals surface area contributed by atoms with Crippen LogP contribution in [0.3, 0.4) is 0 Å². The minimum Gasteiger partial charge on any atom is -0.443 e. The lowest BCUT2D eigenvalue weighted by Crippen LogP contribution is -2.43. The number of nitrogens with zero attached hydrogens (tertiary/aromatic N) is 2. The molecule has 0 fully saturated rings. The summed E-state index contributed by atoms with van der Waals surface area (Å²) in [6.45, 7) is 10.3. The molecule has 0 unspecified atom stereocenters. The second-order valence-corrected chi connectivity index (χ2v) is 6.51. The van der Waals surface area contributed by atoms with Gasteiger partial charge in [-0.15, -0.1) is 0 Å². The zero-order valence-electron chi connectivity index (χ0n) is 13.3. The second kappa shape index (κ2) is 6.11. The monoisotopic (exact) mass is 294 g/mol. The molecule has 1 rings (SSSR count). The quantitative estimate of drug-likeness (QED) is 0.788. The van der Waals surface area contributed by atoms with E-state index in [-0.39, 0.29) is 0 Å². The van der Waals surface area contributed by atoms with Gasteiger partial charge in [0.05, 0.1) is 11.9 Å².